The molecule has 1 aromatic rings. The van der Waals surface area contributed by atoms with Gasteiger partial charge in [0.1, 0.15) is 0 Å². The largest absolute Gasteiger partial charge is 0.356 e. The van der Waals surface area contributed by atoms with Crippen molar-refractivity contribution in [2.75, 3.05) is 6.54 Å². The minimum atomic E-state index is -4.12. The third-order valence-electron chi connectivity index (χ3n) is 2.01. The molecule has 2 N–H and O–H groups in total. The lowest BCUT2D eigenvalue weighted by atomic mass is 10.1. The van der Waals surface area contributed by atoms with Crippen LogP contribution >= 0.6 is 0 Å². The van der Waals surface area contributed by atoms with Crippen molar-refractivity contribution in [3.63, 3.8) is 0 Å². The molecule has 5 nitrogen and oxygen atoms in total. The number of carbonyl (C=O) groups is 1. The van der Waals surface area contributed by atoms with Crippen LogP contribution in [0.5, 0.6) is 0 Å². The molecular formula is C10H13NO4S. The Morgan fingerprint density at radius 3 is 2.31 bits per heavy atom. The highest BCUT2D eigenvalue weighted by Gasteiger charge is 2.08. The summed E-state index contributed by atoms with van der Waals surface area (Å²) in [6.45, 7) is 1.93. The zero-order valence-corrected chi connectivity index (χ0v) is 9.62. The first-order valence-corrected chi connectivity index (χ1v) is 6.14. The lowest BCUT2D eigenvalue weighted by Gasteiger charge is -2.03. The van der Waals surface area contributed by atoms with E-state index in [0.29, 0.717) is 13.0 Å². The second-order valence-electron chi connectivity index (χ2n) is 3.35. The van der Waals surface area contributed by atoms with Crippen LogP contribution < -0.4 is 5.32 Å². The van der Waals surface area contributed by atoms with Gasteiger partial charge in [0.25, 0.3) is 10.1 Å². The summed E-state index contributed by atoms with van der Waals surface area (Å²) in [5, 5.41) is 2.63. The van der Waals surface area contributed by atoms with E-state index in [1.165, 1.54) is 19.1 Å². The number of benzene rings is 1. The summed E-state index contributed by atoms with van der Waals surface area (Å²) in [6, 6.07) is 5.87. The molecule has 1 amide bonds. The van der Waals surface area contributed by atoms with Gasteiger partial charge in [-0.1, -0.05) is 12.1 Å². The van der Waals surface area contributed by atoms with Crippen molar-refractivity contribution in [1.82, 2.24) is 5.32 Å². The van der Waals surface area contributed by atoms with E-state index in [0.717, 1.165) is 5.56 Å². The molecule has 88 valence electrons. The van der Waals surface area contributed by atoms with Gasteiger partial charge in [-0.3, -0.25) is 9.35 Å². The van der Waals surface area contributed by atoms with E-state index in [-0.39, 0.29) is 10.8 Å². The van der Waals surface area contributed by atoms with Gasteiger partial charge in [0.2, 0.25) is 5.91 Å². The molecule has 0 radical (unpaired) electrons. The first-order chi connectivity index (χ1) is 7.39. The molecule has 0 spiro atoms. The summed E-state index contributed by atoms with van der Waals surface area (Å²) in [5.41, 5.74) is 0.890. The van der Waals surface area contributed by atoms with Crippen LogP contribution in [0, 0.1) is 0 Å². The van der Waals surface area contributed by atoms with Crippen molar-refractivity contribution in [3.8, 4) is 0 Å². The summed E-state index contributed by atoms with van der Waals surface area (Å²) in [6.07, 6.45) is 0.616. The van der Waals surface area contributed by atoms with E-state index < -0.39 is 10.1 Å². The van der Waals surface area contributed by atoms with Gasteiger partial charge < -0.3 is 5.32 Å². The molecule has 0 bridgehead atoms. The fourth-order valence-corrected chi connectivity index (χ4v) is 1.69. The van der Waals surface area contributed by atoms with E-state index in [1.54, 1.807) is 12.1 Å². The van der Waals surface area contributed by atoms with Gasteiger partial charge in [-0.25, -0.2) is 0 Å². The second-order valence-corrected chi connectivity index (χ2v) is 4.77. The third-order valence-corrected chi connectivity index (χ3v) is 2.88. The highest BCUT2D eigenvalue weighted by molar-refractivity contribution is 7.85. The van der Waals surface area contributed by atoms with Gasteiger partial charge in [-0.05, 0) is 24.1 Å². The average molecular weight is 243 g/mol. The van der Waals surface area contributed by atoms with Crippen molar-refractivity contribution in [2.45, 2.75) is 18.2 Å². The number of nitrogens with one attached hydrogen (secondary N) is 1. The Balaban J connectivity index is 2.62. The molecule has 1 aromatic carbocycles. The van der Waals surface area contributed by atoms with Crippen LogP contribution in [0.1, 0.15) is 12.5 Å². The summed E-state index contributed by atoms with van der Waals surface area (Å²) in [5.74, 6) is -0.102. The molecule has 0 saturated carbocycles. The van der Waals surface area contributed by atoms with Gasteiger partial charge in [0, 0.05) is 13.5 Å². The van der Waals surface area contributed by atoms with Crippen LogP contribution in [0.4, 0.5) is 0 Å². The highest BCUT2D eigenvalue weighted by atomic mass is 32.2. The van der Waals surface area contributed by atoms with Gasteiger partial charge in [0.05, 0.1) is 4.90 Å². The predicted molar refractivity (Wildman–Crippen MR) is 58.6 cm³/mol. The lowest BCUT2D eigenvalue weighted by Crippen LogP contribution is -2.22. The maximum Gasteiger partial charge on any atom is 0.294 e. The molecule has 0 unspecified atom stereocenters. The topological polar surface area (TPSA) is 83.5 Å². The summed E-state index contributed by atoms with van der Waals surface area (Å²) < 4.78 is 30.2. The maximum atomic E-state index is 10.7. The molecule has 0 fully saturated rings. The van der Waals surface area contributed by atoms with Crippen LogP contribution in [0.15, 0.2) is 29.2 Å². The fourth-order valence-electron chi connectivity index (χ4n) is 1.21. The van der Waals surface area contributed by atoms with E-state index in [9.17, 15) is 13.2 Å². The molecule has 0 aliphatic heterocycles. The first-order valence-electron chi connectivity index (χ1n) is 4.70. The molecule has 6 heteroatoms. The molecule has 0 heterocycles. The predicted octanol–water partition coefficient (Wildman–Crippen LogP) is 0.612. The van der Waals surface area contributed by atoms with Crippen molar-refractivity contribution in [2.24, 2.45) is 0 Å². The summed E-state index contributed by atoms with van der Waals surface area (Å²) in [4.78, 5) is 10.5. The van der Waals surface area contributed by atoms with E-state index in [1.807, 2.05) is 0 Å². The quantitative estimate of drug-likeness (QED) is 0.759. The van der Waals surface area contributed by atoms with Crippen LogP contribution in [0.3, 0.4) is 0 Å². The van der Waals surface area contributed by atoms with E-state index >= 15 is 0 Å². The minimum absolute atomic E-state index is 0.102. The maximum absolute atomic E-state index is 10.7. The van der Waals surface area contributed by atoms with Crippen molar-refractivity contribution < 1.29 is 17.8 Å². The van der Waals surface area contributed by atoms with Crippen molar-refractivity contribution in [3.05, 3.63) is 29.8 Å². The molecular weight excluding hydrogens is 230 g/mol. The zero-order chi connectivity index (χ0) is 12.2. The van der Waals surface area contributed by atoms with Gasteiger partial charge in [0.15, 0.2) is 0 Å². The van der Waals surface area contributed by atoms with Crippen LogP contribution in [0.2, 0.25) is 0 Å². The Kier molecular flexibility index (Phi) is 4.03. The minimum Gasteiger partial charge on any atom is -0.356 e. The van der Waals surface area contributed by atoms with Crippen LogP contribution in [-0.2, 0) is 21.3 Å². The third kappa shape index (κ3) is 4.00. The zero-order valence-electron chi connectivity index (χ0n) is 8.80. The molecule has 0 aliphatic rings. The smallest absolute Gasteiger partial charge is 0.294 e. The Labute approximate surface area is 94.2 Å². The van der Waals surface area contributed by atoms with E-state index in [2.05, 4.69) is 5.32 Å². The molecule has 0 saturated heterocycles. The summed E-state index contributed by atoms with van der Waals surface area (Å²) >= 11 is 0. The number of carbonyl (C=O) groups excluding carboxylic acids is 1. The Hall–Kier alpha value is -1.40. The monoisotopic (exact) mass is 243 g/mol. The number of hydrogen-bond acceptors (Lipinski definition) is 3. The SMILES string of the molecule is CC(=O)NCCc1ccc(S(=O)(=O)O)cc1. The molecule has 16 heavy (non-hydrogen) atoms. The highest BCUT2D eigenvalue weighted by Crippen LogP contribution is 2.10. The van der Waals surface area contributed by atoms with Crippen LogP contribution in [0.25, 0.3) is 0 Å². The van der Waals surface area contributed by atoms with E-state index in [4.69, 9.17) is 4.55 Å². The molecule has 0 atom stereocenters. The summed E-state index contributed by atoms with van der Waals surface area (Å²) in [7, 11) is -4.12. The Morgan fingerprint density at radius 2 is 1.88 bits per heavy atom. The normalized spacial score (nSPS) is 11.1. The first kappa shape index (κ1) is 12.7. The fraction of sp³-hybridized carbons (Fsp3) is 0.300. The molecule has 0 aromatic heterocycles. The lowest BCUT2D eigenvalue weighted by molar-refractivity contribution is -0.118. The van der Waals surface area contributed by atoms with Crippen LogP contribution in [-0.4, -0.2) is 25.4 Å². The number of hydrogen-bond donors (Lipinski definition) is 2. The molecule has 1 rings (SSSR count). The molecule has 0 aliphatic carbocycles. The van der Waals surface area contributed by atoms with Crippen molar-refractivity contribution >= 4 is 16.0 Å². The van der Waals surface area contributed by atoms with Crippen molar-refractivity contribution in [1.29, 1.82) is 0 Å². The van der Waals surface area contributed by atoms with Gasteiger partial charge in [-0.15, -0.1) is 0 Å². The Bertz CT molecular complexity index is 464. The number of amides is 1. The van der Waals surface area contributed by atoms with Gasteiger partial charge in [-0.2, -0.15) is 8.42 Å². The second kappa shape index (κ2) is 5.09. The average Bonchev–Trinajstić information content (AvgIpc) is 2.16. The standard InChI is InChI=1S/C10H13NO4S/c1-8(12)11-7-6-9-2-4-10(5-3-9)16(13,14)15/h2-5H,6-7H2,1H3,(H,11,12)(H,13,14,15). The number of rotatable bonds is 4. The van der Waals surface area contributed by atoms with Gasteiger partial charge >= 0.3 is 0 Å². The Morgan fingerprint density at radius 1 is 1.31 bits per heavy atom.